The summed E-state index contributed by atoms with van der Waals surface area (Å²) in [5, 5.41) is 67.7. The predicted octanol–water partition coefficient (Wildman–Crippen LogP) is 8.04. The molecule has 0 aromatic carbocycles. The molecule has 11 nitrogen and oxygen atoms in total. The van der Waals surface area contributed by atoms with Crippen molar-refractivity contribution in [1.82, 2.24) is 0 Å². The number of aliphatic hydroxyl groups is 8. The highest BCUT2D eigenvalue weighted by Gasteiger charge is 2.25. The van der Waals surface area contributed by atoms with Crippen LogP contribution in [0.25, 0.3) is 0 Å². The summed E-state index contributed by atoms with van der Waals surface area (Å²) in [6, 6.07) is 0. The van der Waals surface area contributed by atoms with Crippen LogP contribution in [-0.2, 0) is 14.2 Å². The van der Waals surface area contributed by atoms with Crippen molar-refractivity contribution in [3.63, 3.8) is 0 Å². The lowest BCUT2D eigenvalue weighted by atomic mass is 9.94. The summed E-state index contributed by atoms with van der Waals surface area (Å²) in [7, 11) is 0. The second-order valence-electron chi connectivity index (χ2n) is 8.01. The van der Waals surface area contributed by atoms with Crippen LogP contribution in [0.2, 0.25) is 0 Å². The lowest BCUT2D eigenvalue weighted by molar-refractivity contribution is -0.126. The first kappa shape index (κ1) is 129. The van der Waals surface area contributed by atoms with E-state index in [4.69, 9.17) is 55.1 Å². The zero-order valence-corrected chi connectivity index (χ0v) is 18.1. The first-order valence-corrected chi connectivity index (χ1v) is 9.09. The van der Waals surface area contributed by atoms with Gasteiger partial charge < -0.3 is 55.1 Å². The predicted molar refractivity (Wildman–Crippen MR) is 212 cm³/mol. The fourth-order valence-corrected chi connectivity index (χ4v) is 1.20. The van der Waals surface area contributed by atoms with E-state index in [2.05, 4.69) is 0 Å². The molecule has 0 heterocycles. The van der Waals surface area contributed by atoms with Gasteiger partial charge in [0.15, 0.2) is 0 Å². The SMILES string of the molecule is C.C.C.C.C.C.C.C.C.C.C.C.C.C.C.C.CC(C)(CO)CO.CC(CO)(CO)CO.CC(COCO)(COCO)COCO. The Hall–Kier alpha value is -0.440. The van der Waals surface area contributed by atoms with Crippen LogP contribution in [0.3, 0.4) is 0 Å². The van der Waals surface area contributed by atoms with Crippen LogP contribution >= 0.6 is 0 Å². The Morgan fingerprint density at radius 3 is 0.556 bits per heavy atom. The molecule has 308 valence electrons. The molecule has 0 saturated heterocycles. The third kappa shape index (κ3) is 86.1. The Balaban J connectivity index is -0.0000000117. The molecule has 0 saturated carbocycles. The van der Waals surface area contributed by atoms with Gasteiger partial charge in [-0.3, -0.25) is 0 Å². The second-order valence-corrected chi connectivity index (χ2v) is 8.01. The highest BCUT2D eigenvalue weighted by molar-refractivity contribution is 4.72. The summed E-state index contributed by atoms with van der Waals surface area (Å²) in [4.78, 5) is 0. The van der Waals surface area contributed by atoms with E-state index in [0.717, 1.165) is 0 Å². The maximum absolute atomic E-state index is 8.48. The van der Waals surface area contributed by atoms with Crippen molar-refractivity contribution in [1.29, 1.82) is 0 Å². The van der Waals surface area contributed by atoms with Crippen molar-refractivity contribution < 1.29 is 55.1 Å². The topological polar surface area (TPSA) is 190 Å². The van der Waals surface area contributed by atoms with Crippen LogP contribution in [0.1, 0.15) is 147 Å². The summed E-state index contributed by atoms with van der Waals surface area (Å²) < 4.78 is 14.5. The molecule has 0 rings (SSSR count). The molecule has 0 aliphatic heterocycles. The molecule has 8 N–H and O–H groups in total. The van der Waals surface area contributed by atoms with Gasteiger partial charge in [-0.2, -0.15) is 0 Å². The molecule has 0 aliphatic rings. The van der Waals surface area contributed by atoms with E-state index in [1.807, 2.05) is 0 Å². The zero-order chi connectivity index (χ0) is 23.4. The van der Waals surface area contributed by atoms with Gasteiger partial charge in [0, 0.05) is 16.2 Å². The molecule has 0 spiro atoms. The molecule has 0 radical (unpaired) electrons. The van der Waals surface area contributed by atoms with Crippen molar-refractivity contribution in [2.75, 3.05) is 73.2 Å². The number of ether oxygens (including phenoxy) is 3. The maximum atomic E-state index is 8.48. The number of hydrogen-bond acceptors (Lipinski definition) is 11. The van der Waals surface area contributed by atoms with Gasteiger partial charge in [0.05, 0.1) is 52.9 Å². The Morgan fingerprint density at radius 1 is 0.311 bits per heavy atom. The smallest absolute Gasteiger partial charge is 0.143 e. The van der Waals surface area contributed by atoms with Crippen molar-refractivity contribution in [3.05, 3.63) is 0 Å². The van der Waals surface area contributed by atoms with Gasteiger partial charge in [-0.25, -0.2) is 0 Å². The van der Waals surface area contributed by atoms with Crippen LogP contribution in [0.5, 0.6) is 0 Å². The highest BCUT2D eigenvalue weighted by atomic mass is 16.6. The van der Waals surface area contributed by atoms with Crippen LogP contribution in [0.4, 0.5) is 0 Å². The average Bonchev–Trinajstić information content (AvgIpc) is 2.75. The van der Waals surface area contributed by atoms with E-state index in [1.165, 1.54) is 0 Å². The van der Waals surface area contributed by atoms with Crippen molar-refractivity contribution in [3.8, 4) is 0 Å². The minimum Gasteiger partial charge on any atom is -0.396 e. The largest absolute Gasteiger partial charge is 0.396 e. The molecular formula is C34H106O11. The van der Waals surface area contributed by atoms with Gasteiger partial charge in [-0.05, 0) is 0 Å². The average molecular weight is 691 g/mol. The Labute approximate surface area is 291 Å². The van der Waals surface area contributed by atoms with E-state index in [9.17, 15) is 0 Å². The standard InChI is InChI=1S/C8H18O6.C5H12O3.C5H12O2.16CH4/c1-8(2-12-5-9,3-13-6-10)4-14-7-11;1-5(2-6,3-7)4-8;1-5(2,3-6)4-7;;;;;;;;;;;;;;;;/h9-11H,2-7H2,1H3;6-8H,2-4H2,1H3;6-7H,3-4H2,1-2H3;16*1H4. The Bertz CT molecular complexity index is 308. The summed E-state index contributed by atoms with van der Waals surface area (Å²) in [5.41, 5.74) is -1.51. The molecule has 0 aromatic rings. The summed E-state index contributed by atoms with van der Waals surface area (Å²) >= 11 is 0. The molecule has 0 amide bonds. The van der Waals surface area contributed by atoms with Crippen LogP contribution in [-0.4, -0.2) is 114 Å². The number of hydrogen-bond donors (Lipinski definition) is 8. The van der Waals surface area contributed by atoms with Gasteiger partial charge in [0.2, 0.25) is 0 Å². The van der Waals surface area contributed by atoms with E-state index in [1.54, 1.807) is 27.7 Å². The van der Waals surface area contributed by atoms with E-state index < -0.39 is 10.8 Å². The van der Waals surface area contributed by atoms with Crippen molar-refractivity contribution in [2.24, 2.45) is 16.2 Å². The number of aliphatic hydroxyl groups excluding tert-OH is 8. The van der Waals surface area contributed by atoms with Gasteiger partial charge in [0.25, 0.3) is 0 Å². The molecule has 0 aromatic heterocycles. The molecule has 0 bridgehead atoms. The molecule has 0 aliphatic carbocycles. The van der Waals surface area contributed by atoms with E-state index >= 15 is 0 Å². The minimum absolute atomic E-state index is 0. The third-order valence-electron chi connectivity index (χ3n) is 3.63. The first-order chi connectivity index (χ1) is 13.5. The summed E-state index contributed by atoms with van der Waals surface area (Å²) in [5.74, 6) is 0. The molecule has 0 fully saturated rings. The fourth-order valence-electron chi connectivity index (χ4n) is 1.20. The van der Waals surface area contributed by atoms with Crippen LogP contribution in [0, 0.1) is 16.2 Å². The van der Waals surface area contributed by atoms with E-state index in [0.29, 0.717) is 0 Å². The molecule has 0 unspecified atom stereocenters. The monoisotopic (exact) mass is 691 g/mol. The molecule has 0 atom stereocenters. The van der Waals surface area contributed by atoms with Gasteiger partial charge in [0.1, 0.15) is 20.4 Å². The fraction of sp³-hybridized carbons (Fsp3) is 1.00. The minimum atomic E-state index is -0.708. The van der Waals surface area contributed by atoms with Crippen molar-refractivity contribution in [2.45, 2.75) is 147 Å². The highest BCUT2D eigenvalue weighted by Crippen LogP contribution is 2.18. The molecule has 45 heavy (non-hydrogen) atoms. The summed E-state index contributed by atoms with van der Waals surface area (Å²) in [6.45, 7) is 6.08. The normalized spacial score (nSPS) is 7.73. The zero-order valence-electron chi connectivity index (χ0n) is 18.1. The van der Waals surface area contributed by atoms with Crippen molar-refractivity contribution >= 4 is 0 Å². The lowest BCUT2D eigenvalue weighted by Crippen LogP contribution is -2.34. The molecular weight excluding hydrogens is 584 g/mol. The van der Waals surface area contributed by atoms with E-state index in [-0.39, 0.29) is 197 Å². The summed E-state index contributed by atoms with van der Waals surface area (Å²) in [6.07, 6.45) is 0. The Morgan fingerprint density at radius 2 is 0.489 bits per heavy atom. The van der Waals surface area contributed by atoms with Crippen LogP contribution in [0.15, 0.2) is 0 Å². The Kier molecular flexibility index (Phi) is 228. The number of rotatable bonds is 14. The quantitative estimate of drug-likeness (QED) is 0.0823. The van der Waals surface area contributed by atoms with Crippen LogP contribution < -0.4 is 0 Å². The molecule has 11 heteroatoms. The van der Waals surface area contributed by atoms with Gasteiger partial charge >= 0.3 is 0 Å². The van der Waals surface area contributed by atoms with Gasteiger partial charge in [-0.1, -0.05) is 147 Å². The third-order valence-corrected chi connectivity index (χ3v) is 3.63. The second kappa shape index (κ2) is 79.2. The first-order valence-electron chi connectivity index (χ1n) is 9.09. The maximum Gasteiger partial charge on any atom is 0.143 e. The van der Waals surface area contributed by atoms with Gasteiger partial charge in [-0.15, -0.1) is 0 Å². The lowest BCUT2D eigenvalue weighted by Gasteiger charge is -2.27.